The summed E-state index contributed by atoms with van der Waals surface area (Å²) in [5, 5.41) is 10.3. The second-order valence-corrected chi connectivity index (χ2v) is 5.90. The summed E-state index contributed by atoms with van der Waals surface area (Å²) in [7, 11) is 1.74. The Hall–Kier alpha value is -2.53. The van der Waals surface area contributed by atoms with Gasteiger partial charge in [0.1, 0.15) is 18.5 Å². The first-order valence-corrected chi connectivity index (χ1v) is 8.14. The highest BCUT2D eigenvalue weighted by Crippen LogP contribution is 2.14. The number of hydrogen-bond donors (Lipinski definition) is 1. The summed E-state index contributed by atoms with van der Waals surface area (Å²) in [6.45, 7) is 2.44. The summed E-state index contributed by atoms with van der Waals surface area (Å²) in [6, 6.07) is 15.4. The van der Waals surface area contributed by atoms with Crippen LogP contribution in [0.5, 0.6) is 5.75 Å². The van der Waals surface area contributed by atoms with Gasteiger partial charge in [-0.1, -0.05) is 31.2 Å². The quantitative estimate of drug-likeness (QED) is 0.756. The zero-order valence-electron chi connectivity index (χ0n) is 14.0. The number of aliphatic hydroxyl groups excluding tert-OH is 1. The number of imidazole rings is 1. The van der Waals surface area contributed by atoms with Gasteiger partial charge in [-0.2, -0.15) is 0 Å². The van der Waals surface area contributed by atoms with Gasteiger partial charge in [0, 0.05) is 7.05 Å². The van der Waals surface area contributed by atoms with Gasteiger partial charge in [-0.25, -0.2) is 4.79 Å². The van der Waals surface area contributed by atoms with Crippen molar-refractivity contribution in [3.05, 3.63) is 64.6 Å². The van der Waals surface area contributed by atoms with Gasteiger partial charge in [-0.15, -0.1) is 0 Å². The van der Waals surface area contributed by atoms with Gasteiger partial charge < -0.3 is 9.84 Å². The molecule has 0 aliphatic heterocycles. The fourth-order valence-electron chi connectivity index (χ4n) is 2.82. The molecule has 2 aromatic carbocycles. The summed E-state index contributed by atoms with van der Waals surface area (Å²) in [4.78, 5) is 12.3. The Balaban J connectivity index is 1.70. The van der Waals surface area contributed by atoms with Crippen molar-refractivity contribution in [2.75, 3.05) is 6.61 Å². The predicted octanol–water partition coefficient (Wildman–Crippen LogP) is 2.34. The van der Waals surface area contributed by atoms with Crippen LogP contribution < -0.4 is 10.4 Å². The molecular formula is C19H22N2O3. The molecule has 5 heteroatoms. The van der Waals surface area contributed by atoms with Crippen LogP contribution in [0, 0.1) is 0 Å². The Morgan fingerprint density at radius 1 is 1.08 bits per heavy atom. The molecule has 0 bridgehead atoms. The molecule has 3 aromatic rings. The molecule has 3 rings (SSSR count). The van der Waals surface area contributed by atoms with Crippen molar-refractivity contribution in [2.45, 2.75) is 26.0 Å². The molecule has 0 amide bonds. The maximum absolute atomic E-state index is 12.3. The number of nitrogens with zero attached hydrogens (tertiary/aromatic N) is 2. The van der Waals surface area contributed by atoms with Crippen molar-refractivity contribution < 1.29 is 9.84 Å². The molecule has 1 aromatic heterocycles. The second-order valence-electron chi connectivity index (χ2n) is 5.90. The molecule has 0 aliphatic rings. The lowest BCUT2D eigenvalue weighted by atomic mass is 10.2. The lowest BCUT2D eigenvalue weighted by Gasteiger charge is -2.13. The standard InChI is InChI=1S/C19H22N2O3/c1-3-14-8-10-16(11-9-14)24-13-15(22)12-21-18-7-5-4-6-17(18)20(2)19(21)23/h4-11,15,22H,3,12-13H2,1-2H3/t15-/m1/s1. The van der Waals surface area contributed by atoms with Crippen molar-refractivity contribution >= 4 is 11.0 Å². The number of aromatic nitrogens is 2. The molecule has 24 heavy (non-hydrogen) atoms. The number of aryl methyl sites for hydroxylation is 2. The van der Waals surface area contributed by atoms with Crippen molar-refractivity contribution in [2.24, 2.45) is 7.05 Å². The van der Waals surface area contributed by atoms with E-state index in [1.807, 2.05) is 48.5 Å². The van der Waals surface area contributed by atoms with Crippen molar-refractivity contribution in [3.8, 4) is 5.75 Å². The van der Waals surface area contributed by atoms with E-state index in [1.54, 1.807) is 16.2 Å². The normalized spacial score (nSPS) is 12.5. The lowest BCUT2D eigenvalue weighted by molar-refractivity contribution is 0.0925. The molecule has 1 heterocycles. The maximum Gasteiger partial charge on any atom is 0.328 e. The SMILES string of the molecule is CCc1ccc(OC[C@H](O)Cn2c(=O)n(C)c3ccccc32)cc1. The largest absolute Gasteiger partial charge is 0.491 e. The summed E-state index contributed by atoms with van der Waals surface area (Å²) in [5.74, 6) is 0.719. The first-order valence-electron chi connectivity index (χ1n) is 8.14. The predicted molar refractivity (Wildman–Crippen MR) is 94.5 cm³/mol. The minimum Gasteiger partial charge on any atom is -0.491 e. The fourth-order valence-corrected chi connectivity index (χ4v) is 2.82. The van der Waals surface area contributed by atoms with E-state index in [0.29, 0.717) is 0 Å². The van der Waals surface area contributed by atoms with Crippen LogP contribution in [0.2, 0.25) is 0 Å². The Labute approximate surface area is 140 Å². The Morgan fingerprint density at radius 2 is 1.75 bits per heavy atom. The van der Waals surface area contributed by atoms with Gasteiger partial charge >= 0.3 is 5.69 Å². The molecular weight excluding hydrogens is 304 g/mol. The van der Waals surface area contributed by atoms with Crippen molar-refractivity contribution in [3.63, 3.8) is 0 Å². The van der Waals surface area contributed by atoms with Crippen LogP contribution in [0.15, 0.2) is 53.3 Å². The van der Waals surface area contributed by atoms with E-state index < -0.39 is 6.10 Å². The van der Waals surface area contributed by atoms with Gasteiger partial charge in [0.2, 0.25) is 0 Å². The Bertz CT molecular complexity index is 878. The van der Waals surface area contributed by atoms with E-state index >= 15 is 0 Å². The van der Waals surface area contributed by atoms with Gasteiger partial charge in [-0.3, -0.25) is 9.13 Å². The molecule has 0 spiro atoms. The van der Waals surface area contributed by atoms with Crippen LogP contribution >= 0.6 is 0 Å². The fraction of sp³-hybridized carbons (Fsp3) is 0.316. The molecule has 0 aliphatic carbocycles. The number of aliphatic hydroxyl groups is 1. The zero-order valence-corrected chi connectivity index (χ0v) is 14.0. The molecule has 0 saturated heterocycles. The van der Waals surface area contributed by atoms with Crippen LogP contribution in [-0.2, 0) is 20.0 Å². The van der Waals surface area contributed by atoms with Crippen LogP contribution in [-0.4, -0.2) is 27.0 Å². The molecule has 0 unspecified atom stereocenters. The van der Waals surface area contributed by atoms with Crippen LogP contribution in [0.25, 0.3) is 11.0 Å². The van der Waals surface area contributed by atoms with E-state index in [-0.39, 0.29) is 18.8 Å². The molecule has 1 N–H and O–H groups in total. The highest BCUT2D eigenvalue weighted by molar-refractivity contribution is 5.75. The second kappa shape index (κ2) is 6.93. The van der Waals surface area contributed by atoms with Crippen LogP contribution in [0.4, 0.5) is 0 Å². The number of para-hydroxylation sites is 2. The summed E-state index contributed by atoms with van der Waals surface area (Å²) in [6.07, 6.45) is 0.215. The summed E-state index contributed by atoms with van der Waals surface area (Å²) >= 11 is 0. The average Bonchev–Trinajstić information content (AvgIpc) is 2.86. The Kier molecular flexibility index (Phi) is 4.71. The van der Waals surface area contributed by atoms with Crippen molar-refractivity contribution in [1.29, 1.82) is 0 Å². The van der Waals surface area contributed by atoms with E-state index in [0.717, 1.165) is 23.2 Å². The zero-order chi connectivity index (χ0) is 17.1. The Morgan fingerprint density at radius 3 is 2.42 bits per heavy atom. The number of ether oxygens (including phenoxy) is 1. The van der Waals surface area contributed by atoms with Crippen molar-refractivity contribution in [1.82, 2.24) is 9.13 Å². The molecule has 0 radical (unpaired) electrons. The van der Waals surface area contributed by atoms with Gasteiger partial charge in [0.05, 0.1) is 17.6 Å². The van der Waals surface area contributed by atoms with E-state index in [1.165, 1.54) is 5.56 Å². The average molecular weight is 326 g/mol. The highest BCUT2D eigenvalue weighted by atomic mass is 16.5. The number of fused-ring (bicyclic) bond motifs is 1. The van der Waals surface area contributed by atoms with Crippen LogP contribution in [0.1, 0.15) is 12.5 Å². The molecule has 1 atom stereocenters. The third-order valence-electron chi connectivity index (χ3n) is 4.22. The first kappa shape index (κ1) is 16.3. The molecule has 0 fully saturated rings. The third-order valence-corrected chi connectivity index (χ3v) is 4.22. The summed E-state index contributed by atoms with van der Waals surface area (Å²) in [5.41, 5.74) is 2.77. The van der Waals surface area contributed by atoms with Gasteiger partial charge in [0.25, 0.3) is 0 Å². The number of rotatable bonds is 6. The number of hydrogen-bond acceptors (Lipinski definition) is 3. The lowest BCUT2D eigenvalue weighted by Crippen LogP contribution is -2.30. The molecule has 0 saturated carbocycles. The van der Waals surface area contributed by atoms with Gasteiger partial charge in [0.15, 0.2) is 0 Å². The van der Waals surface area contributed by atoms with Gasteiger partial charge in [-0.05, 0) is 36.2 Å². The molecule has 126 valence electrons. The third kappa shape index (κ3) is 3.21. The van der Waals surface area contributed by atoms with E-state index in [2.05, 4.69) is 6.92 Å². The summed E-state index contributed by atoms with van der Waals surface area (Å²) < 4.78 is 8.80. The maximum atomic E-state index is 12.3. The van der Waals surface area contributed by atoms with E-state index in [9.17, 15) is 9.90 Å². The van der Waals surface area contributed by atoms with E-state index in [4.69, 9.17) is 4.74 Å². The minimum absolute atomic E-state index is 0.137. The smallest absolute Gasteiger partial charge is 0.328 e. The topological polar surface area (TPSA) is 56.4 Å². The highest BCUT2D eigenvalue weighted by Gasteiger charge is 2.14. The minimum atomic E-state index is -0.764. The molecule has 5 nitrogen and oxygen atoms in total. The van der Waals surface area contributed by atoms with Crippen LogP contribution in [0.3, 0.4) is 0 Å². The number of benzene rings is 2. The first-order chi connectivity index (χ1) is 11.6. The monoisotopic (exact) mass is 326 g/mol.